The molecule has 0 radical (unpaired) electrons. The number of carbonyl (C=O) groups excluding carboxylic acids is 3. The first-order valence-corrected chi connectivity index (χ1v) is 13.0. The molecule has 210 valence electrons. The molecular formula is C25H40F2N4O6. The van der Waals surface area contributed by atoms with E-state index in [-0.39, 0.29) is 19.0 Å². The van der Waals surface area contributed by atoms with E-state index in [0.29, 0.717) is 12.8 Å². The van der Waals surface area contributed by atoms with Crippen molar-refractivity contribution >= 4 is 23.9 Å². The third kappa shape index (κ3) is 7.08. The van der Waals surface area contributed by atoms with Crippen molar-refractivity contribution in [3.8, 4) is 0 Å². The van der Waals surface area contributed by atoms with Crippen LogP contribution >= 0.6 is 0 Å². The lowest BCUT2D eigenvalue weighted by atomic mass is 9.82. The summed E-state index contributed by atoms with van der Waals surface area (Å²) < 4.78 is 33.5. The zero-order valence-electron chi connectivity index (χ0n) is 22.3. The Morgan fingerprint density at radius 3 is 2.30 bits per heavy atom. The summed E-state index contributed by atoms with van der Waals surface area (Å²) in [6.07, 6.45) is 2.93. The van der Waals surface area contributed by atoms with Crippen LogP contribution in [0.1, 0.15) is 66.2 Å². The van der Waals surface area contributed by atoms with Gasteiger partial charge in [-0.1, -0.05) is 19.3 Å². The summed E-state index contributed by atoms with van der Waals surface area (Å²) in [6, 6.07) is -3.91. The molecule has 0 spiro atoms. The number of carbonyl (C=O) groups is 4. The highest BCUT2D eigenvalue weighted by Gasteiger charge is 2.52. The van der Waals surface area contributed by atoms with Crippen LogP contribution in [-0.2, 0) is 19.1 Å². The highest BCUT2D eigenvalue weighted by Crippen LogP contribution is 2.36. The summed E-state index contributed by atoms with van der Waals surface area (Å²) in [5, 5.41) is 12.6. The van der Waals surface area contributed by atoms with Crippen LogP contribution in [0.3, 0.4) is 0 Å². The van der Waals surface area contributed by atoms with Gasteiger partial charge in [0.1, 0.15) is 23.7 Å². The summed E-state index contributed by atoms with van der Waals surface area (Å²) >= 11 is 0. The first-order chi connectivity index (χ1) is 17.1. The van der Waals surface area contributed by atoms with Crippen LogP contribution in [0.15, 0.2) is 0 Å². The van der Waals surface area contributed by atoms with E-state index < -0.39 is 72.5 Å². The van der Waals surface area contributed by atoms with Gasteiger partial charge in [-0.05, 0) is 46.5 Å². The molecule has 37 heavy (non-hydrogen) atoms. The largest absolute Gasteiger partial charge is 0.480 e. The lowest BCUT2D eigenvalue weighted by Crippen LogP contribution is -2.65. The van der Waals surface area contributed by atoms with E-state index >= 15 is 0 Å². The number of nitrogens with one attached hydrogen (secondary N) is 1. The number of aliphatic carboxylic acids is 1. The Labute approximate surface area is 216 Å². The van der Waals surface area contributed by atoms with Gasteiger partial charge in [0, 0.05) is 32.6 Å². The number of halogens is 2. The number of rotatable bonds is 6. The number of amides is 3. The number of carboxylic acid groups (broad SMARTS) is 1. The average molecular weight is 531 g/mol. The van der Waals surface area contributed by atoms with Crippen molar-refractivity contribution in [3.63, 3.8) is 0 Å². The summed E-state index contributed by atoms with van der Waals surface area (Å²) in [4.78, 5) is 55.4. The second-order valence-corrected chi connectivity index (χ2v) is 11.6. The summed E-state index contributed by atoms with van der Waals surface area (Å²) in [5.41, 5.74) is -0.757. The van der Waals surface area contributed by atoms with Crippen molar-refractivity contribution in [3.05, 3.63) is 0 Å². The SMILES string of the molecule is C[C@@H](C(=O)N[C@H](C(=O)N1C[C@H]2CC(F)(F)CN2CC1C(=O)O)C1CCCCC1)N(C)C(=O)OC(C)(C)C. The fourth-order valence-electron chi connectivity index (χ4n) is 5.46. The van der Waals surface area contributed by atoms with Gasteiger partial charge in [-0.15, -0.1) is 0 Å². The predicted molar refractivity (Wildman–Crippen MR) is 130 cm³/mol. The van der Waals surface area contributed by atoms with Gasteiger partial charge in [-0.2, -0.15) is 0 Å². The number of fused-ring (bicyclic) bond motifs is 1. The fraction of sp³-hybridized carbons (Fsp3) is 0.840. The van der Waals surface area contributed by atoms with Crippen molar-refractivity contribution in [1.82, 2.24) is 20.0 Å². The molecule has 3 aliphatic rings. The second-order valence-electron chi connectivity index (χ2n) is 11.6. The first-order valence-electron chi connectivity index (χ1n) is 13.0. The molecule has 2 heterocycles. The first kappa shape index (κ1) is 29.1. The van der Waals surface area contributed by atoms with E-state index in [9.17, 15) is 33.1 Å². The van der Waals surface area contributed by atoms with Gasteiger partial charge in [0.15, 0.2) is 0 Å². The van der Waals surface area contributed by atoms with E-state index in [1.807, 2.05) is 0 Å². The maximum Gasteiger partial charge on any atom is 0.410 e. The molecule has 2 saturated heterocycles. The number of ether oxygens (including phenoxy) is 1. The maximum absolute atomic E-state index is 14.1. The number of nitrogens with zero attached hydrogens (tertiary/aromatic N) is 3. The van der Waals surface area contributed by atoms with Gasteiger partial charge in [-0.3, -0.25) is 19.4 Å². The molecule has 0 bridgehead atoms. The number of carboxylic acids is 1. The Morgan fingerprint density at radius 2 is 1.73 bits per heavy atom. The van der Waals surface area contributed by atoms with Crippen molar-refractivity contribution < 1.29 is 37.8 Å². The smallest absolute Gasteiger partial charge is 0.410 e. The average Bonchev–Trinajstić information content (AvgIpc) is 3.12. The van der Waals surface area contributed by atoms with E-state index in [1.165, 1.54) is 18.9 Å². The highest BCUT2D eigenvalue weighted by atomic mass is 19.3. The van der Waals surface area contributed by atoms with Gasteiger partial charge in [0.25, 0.3) is 5.92 Å². The fourth-order valence-corrected chi connectivity index (χ4v) is 5.46. The minimum absolute atomic E-state index is 0.141. The Bertz CT molecular complexity index is 889. The molecule has 2 aliphatic heterocycles. The van der Waals surface area contributed by atoms with Crippen molar-refractivity contribution in [1.29, 1.82) is 0 Å². The summed E-state index contributed by atoms with van der Waals surface area (Å²) in [7, 11) is 1.43. The number of hydrogen-bond donors (Lipinski definition) is 2. The molecule has 3 rings (SSSR count). The molecule has 0 aromatic heterocycles. The molecule has 2 N–H and O–H groups in total. The van der Waals surface area contributed by atoms with Crippen LogP contribution in [0.5, 0.6) is 0 Å². The minimum atomic E-state index is -2.94. The molecule has 0 aromatic carbocycles. The minimum Gasteiger partial charge on any atom is -0.480 e. The van der Waals surface area contributed by atoms with Gasteiger partial charge in [0.05, 0.1) is 6.54 Å². The van der Waals surface area contributed by atoms with E-state index in [4.69, 9.17) is 4.74 Å². The standard InChI is InChI=1S/C25H40F2N4O6/c1-15(29(5)23(36)37-24(2,3)4)20(32)28-19(16-9-7-6-8-10-16)21(33)31-12-17-11-25(26,27)14-30(17)13-18(31)22(34)35/h15-19H,6-14H2,1-5H3,(H,28,32)(H,34,35)/t15-,17+,18?,19-/m0/s1. The Morgan fingerprint density at radius 1 is 1.11 bits per heavy atom. The van der Waals surface area contributed by atoms with Crippen molar-refractivity contribution in [2.45, 2.75) is 102 Å². The number of hydrogen-bond acceptors (Lipinski definition) is 6. The lowest BCUT2D eigenvalue weighted by molar-refractivity contribution is -0.157. The Balaban J connectivity index is 1.80. The lowest BCUT2D eigenvalue weighted by Gasteiger charge is -2.44. The zero-order chi connectivity index (χ0) is 27.7. The molecule has 10 nitrogen and oxygen atoms in total. The highest BCUT2D eigenvalue weighted by molar-refractivity contribution is 5.93. The van der Waals surface area contributed by atoms with Gasteiger partial charge in [0.2, 0.25) is 11.8 Å². The second kappa shape index (κ2) is 11.1. The molecule has 1 saturated carbocycles. The topological polar surface area (TPSA) is 119 Å². The predicted octanol–water partition coefficient (Wildman–Crippen LogP) is 2.31. The third-order valence-electron chi connectivity index (χ3n) is 7.57. The molecule has 3 fully saturated rings. The quantitative estimate of drug-likeness (QED) is 0.541. The van der Waals surface area contributed by atoms with Gasteiger partial charge >= 0.3 is 12.1 Å². The number of alkyl halides is 2. The van der Waals surface area contributed by atoms with Crippen LogP contribution in [0, 0.1) is 5.92 Å². The van der Waals surface area contributed by atoms with Crippen LogP contribution in [0.4, 0.5) is 13.6 Å². The molecule has 4 atom stereocenters. The Kier molecular flexibility index (Phi) is 8.71. The molecule has 3 amide bonds. The molecule has 1 unspecified atom stereocenters. The third-order valence-corrected chi connectivity index (χ3v) is 7.57. The van der Waals surface area contributed by atoms with E-state index in [1.54, 1.807) is 20.8 Å². The zero-order valence-corrected chi connectivity index (χ0v) is 22.3. The van der Waals surface area contributed by atoms with Crippen LogP contribution in [0.2, 0.25) is 0 Å². The van der Waals surface area contributed by atoms with Crippen molar-refractivity contribution in [2.75, 3.05) is 26.7 Å². The van der Waals surface area contributed by atoms with E-state index in [0.717, 1.165) is 29.1 Å². The van der Waals surface area contributed by atoms with Gasteiger partial charge in [-0.25, -0.2) is 18.4 Å². The maximum atomic E-state index is 14.1. The van der Waals surface area contributed by atoms with E-state index in [2.05, 4.69) is 5.32 Å². The molecular weight excluding hydrogens is 490 g/mol. The Hall–Kier alpha value is -2.50. The molecule has 12 heteroatoms. The summed E-state index contributed by atoms with van der Waals surface area (Å²) in [5.74, 6) is -5.58. The summed E-state index contributed by atoms with van der Waals surface area (Å²) in [6.45, 7) is 5.78. The number of likely N-dealkylation sites (N-methyl/N-ethyl adjacent to an activating group) is 1. The van der Waals surface area contributed by atoms with Crippen LogP contribution in [0.25, 0.3) is 0 Å². The number of piperazine rings is 1. The van der Waals surface area contributed by atoms with Crippen molar-refractivity contribution in [2.24, 2.45) is 5.92 Å². The van der Waals surface area contributed by atoms with Crippen LogP contribution in [-0.4, -0.2) is 106 Å². The molecule has 1 aliphatic carbocycles. The van der Waals surface area contributed by atoms with Crippen LogP contribution < -0.4 is 5.32 Å². The monoisotopic (exact) mass is 530 g/mol. The molecule has 0 aromatic rings. The van der Waals surface area contributed by atoms with Gasteiger partial charge < -0.3 is 20.1 Å². The normalized spacial score (nSPS) is 26.1.